The number of pyridine rings is 1. The maximum atomic E-state index is 13.8. The SMILES string of the molecule is CC(Nc1ccc(Cl)c2cccnc12)c1ccccc1F. The molecule has 3 rings (SSSR count). The van der Waals surface area contributed by atoms with Crippen molar-refractivity contribution in [2.45, 2.75) is 13.0 Å². The van der Waals surface area contributed by atoms with Crippen LogP contribution in [0.4, 0.5) is 10.1 Å². The second-order valence-corrected chi connectivity index (χ2v) is 5.29. The molecule has 0 saturated heterocycles. The summed E-state index contributed by atoms with van der Waals surface area (Å²) < 4.78 is 13.8. The fraction of sp³-hybridized carbons (Fsp3) is 0.118. The number of hydrogen-bond acceptors (Lipinski definition) is 2. The molecule has 0 amide bonds. The molecule has 2 aromatic carbocycles. The Morgan fingerprint density at radius 1 is 1.10 bits per heavy atom. The molecule has 1 unspecified atom stereocenters. The smallest absolute Gasteiger partial charge is 0.128 e. The Morgan fingerprint density at radius 2 is 1.90 bits per heavy atom. The molecule has 0 bridgehead atoms. The normalized spacial score (nSPS) is 12.3. The van der Waals surface area contributed by atoms with Gasteiger partial charge in [0.2, 0.25) is 0 Å². The van der Waals surface area contributed by atoms with Crippen LogP contribution in [0.2, 0.25) is 5.02 Å². The molecule has 4 heteroatoms. The van der Waals surface area contributed by atoms with Crippen molar-refractivity contribution in [1.29, 1.82) is 0 Å². The van der Waals surface area contributed by atoms with E-state index in [0.717, 1.165) is 16.6 Å². The van der Waals surface area contributed by atoms with Crippen LogP contribution in [0.15, 0.2) is 54.7 Å². The third-order valence-corrected chi connectivity index (χ3v) is 3.79. The van der Waals surface area contributed by atoms with Crippen LogP contribution in [0, 0.1) is 5.82 Å². The van der Waals surface area contributed by atoms with E-state index in [1.807, 2.05) is 37.3 Å². The van der Waals surface area contributed by atoms with Crippen molar-refractivity contribution < 1.29 is 4.39 Å². The number of benzene rings is 2. The minimum atomic E-state index is -0.219. The summed E-state index contributed by atoms with van der Waals surface area (Å²) in [5, 5.41) is 4.84. The van der Waals surface area contributed by atoms with Gasteiger partial charge in [0.05, 0.1) is 22.3 Å². The zero-order valence-electron chi connectivity index (χ0n) is 11.5. The van der Waals surface area contributed by atoms with E-state index in [1.54, 1.807) is 18.3 Å². The van der Waals surface area contributed by atoms with Crippen LogP contribution in [0.1, 0.15) is 18.5 Å². The number of anilines is 1. The fourth-order valence-electron chi connectivity index (χ4n) is 2.39. The van der Waals surface area contributed by atoms with Crippen molar-refractivity contribution in [1.82, 2.24) is 4.98 Å². The highest BCUT2D eigenvalue weighted by Gasteiger charge is 2.12. The Kier molecular flexibility index (Phi) is 3.76. The fourth-order valence-corrected chi connectivity index (χ4v) is 2.61. The summed E-state index contributed by atoms with van der Waals surface area (Å²) in [7, 11) is 0. The van der Waals surface area contributed by atoms with E-state index in [0.29, 0.717) is 10.6 Å². The standard InChI is InChI=1S/C17H14ClFN2/c1-11(12-5-2-3-7-15(12)19)21-16-9-8-14(18)13-6-4-10-20-17(13)16/h2-11,21H,1H3. The lowest BCUT2D eigenvalue weighted by molar-refractivity contribution is 0.600. The second-order valence-electron chi connectivity index (χ2n) is 4.88. The molecule has 0 aliphatic carbocycles. The first-order valence-corrected chi connectivity index (χ1v) is 7.09. The highest BCUT2D eigenvalue weighted by molar-refractivity contribution is 6.35. The van der Waals surface area contributed by atoms with Crippen molar-refractivity contribution >= 4 is 28.2 Å². The molecule has 1 aromatic heterocycles. The van der Waals surface area contributed by atoms with Gasteiger partial charge in [-0.3, -0.25) is 4.98 Å². The molecule has 0 spiro atoms. The second kappa shape index (κ2) is 5.70. The van der Waals surface area contributed by atoms with E-state index in [9.17, 15) is 4.39 Å². The van der Waals surface area contributed by atoms with Crippen molar-refractivity contribution in [3.63, 3.8) is 0 Å². The number of aromatic nitrogens is 1. The van der Waals surface area contributed by atoms with Crippen LogP contribution in [0.3, 0.4) is 0 Å². The van der Waals surface area contributed by atoms with Crippen LogP contribution in [0.5, 0.6) is 0 Å². The van der Waals surface area contributed by atoms with Gasteiger partial charge in [0.25, 0.3) is 0 Å². The van der Waals surface area contributed by atoms with Gasteiger partial charge in [0.1, 0.15) is 5.82 Å². The number of nitrogens with zero attached hydrogens (tertiary/aromatic N) is 1. The molecule has 2 nitrogen and oxygen atoms in total. The Bertz CT molecular complexity index is 789. The van der Waals surface area contributed by atoms with Gasteiger partial charge in [-0.05, 0) is 37.3 Å². The molecule has 0 radical (unpaired) electrons. The van der Waals surface area contributed by atoms with Gasteiger partial charge in [-0.15, -0.1) is 0 Å². The number of nitrogens with one attached hydrogen (secondary N) is 1. The highest BCUT2D eigenvalue weighted by atomic mass is 35.5. The van der Waals surface area contributed by atoms with Gasteiger partial charge in [0, 0.05) is 17.1 Å². The summed E-state index contributed by atoms with van der Waals surface area (Å²) in [5.74, 6) is -0.219. The molecule has 3 aromatic rings. The molecule has 0 aliphatic heterocycles. The average molecular weight is 301 g/mol. The van der Waals surface area contributed by atoms with Crippen LogP contribution in [-0.2, 0) is 0 Å². The Hall–Kier alpha value is -2.13. The molecule has 21 heavy (non-hydrogen) atoms. The van der Waals surface area contributed by atoms with E-state index in [2.05, 4.69) is 10.3 Å². The van der Waals surface area contributed by atoms with Gasteiger partial charge in [-0.2, -0.15) is 0 Å². The lowest BCUT2D eigenvalue weighted by Gasteiger charge is -2.17. The quantitative estimate of drug-likeness (QED) is 0.719. The average Bonchev–Trinajstić information content (AvgIpc) is 2.51. The summed E-state index contributed by atoms with van der Waals surface area (Å²) in [6, 6.07) is 14.0. The Balaban J connectivity index is 1.99. The van der Waals surface area contributed by atoms with Gasteiger partial charge in [0.15, 0.2) is 0 Å². The van der Waals surface area contributed by atoms with Crippen LogP contribution in [-0.4, -0.2) is 4.98 Å². The number of fused-ring (bicyclic) bond motifs is 1. The molecule has 1 N–H and O–H groups in total. The predicted octanol–water partition coefficient (Wildman–Crippen LogP) is 5.20. The molecule has 0 fully saturated rings. The van der Waals surface area contributed by atoms with E-state index in [1.165, 1.54) is 6.07 Å². The maximum Gasteiger partial charge on any atom is 0.128 e. The molecule has 1 atom stereocenters. The van der Waals surface area contributed by atoms with E-state index in [-0.39, 0.29) is 11.9 Å². The highest BCUT2D eigenvalue weighted by Crippen LogP contribution is 2.30. The van der Waals surface area contributed by atoms with E-state index in [4.69, 9.17) is 11.6 Å². The number of hydrogen-bond donors (Lipinski definition) is 1. The van der Waals surface area contributed by atoms with Crippen LogP contribution >= 0.6 is 11.6 Å². The van der Waals surface area contributed by atoms with Gasteiger partial charge >= 0.3 is 0 Å². The van der Waals surface area contributed by atoms with E-state index < -0.39 is 0 Å². The topological polar surface area (TPSA) is 24.9 Å². The van der Waals surface area contributed by atoms with Crippen molar-refractivity contribution in [3.8, 4) is 0 Å². The summed E-state index contributed by atoms with van der Waals surface area (Å²) in [6.07, 6.45) is 1.72. The summed E-state index contributed by atoms with van der Waals surface area (Å²) in [6.45, 7) is 1.92. The minimum absolute atomic E-state index is 0.169. The lowest BCUT2D eigenvalue weighted by atomic mass is 10.1. The Morgan fingerprint density at radius 3 is 2.71 bits per heavy atom. The molecule has 0 saturated carbocycles. The third-order valence-electron chi connectivity index (χ3n) is 3.46. The molecule has 106 valence electrons. The lowest BCUT2D eigenvalue weighted by Crippen LogP contribution is -2.09. The van der Waals surface area contributed by atoms with E-state index >= 15 is 0 Å². The maximum absolute atomic E-state index is 13.8. The number of halogens is 2. The summed E-state index contributed by atoms with van der Waals surface area (Å²) in [4.78, 5) is 4.37. The van der Waals surface area contributed by atoms with Crippen LogP contribution in [0.25, 0.3) is 10.9 Å². The van der Waals surface area contributed by atoms with Crippen molar-refractivity contribution in [2.75, 3.05) is 5.32 Å². The zero-order valence-corrected chi connectivity index (χ0v) is 12.2. The largest absolute Gasteiger partial charge is 0.377 e. The first kappa shape index (κ1) is 13.8. The first-order valence-electron chi connectivity index (χ1n) is 6.71. The molecular formula is C17H14ClFN2. The van der Waals surface area contributed by atoms with Gasteiger partial charge in [-0.25, -0.2) is 4.39 Å². The third kappa shape index (κ3) is 2.69. The number of rotatable bonds is 3. The predicted molar refractivity (Wildman–Crippen MR) is 85.2 cm³/mol. The minimum Gasteiger partial charge on any atom is -0.377 e. The van der Waals surface area contributed by atoms with Crippen molar-refractivity contribution in [3.05, 3.63) is 71.1 Å². The van der Waals surface area contributed by atoms with Crippen LogP contribution < -0.4 is 5.32 Å². The summed E-state index contributed by atoms with van der Waals surface area (Å²) >= 11 is 6.18. The molecule has 1 heterocycles. The first-order chi connectivity index (χ1) is 10.2. The molecule has 0 aliphatic rings. The summed E-state index contributed by atoms with van der Waals surface area (Å²) in [5.41, 5.74) is 2.25. The van der Waals surface area contributed by atoms with Crippen molar-refractivity contribution in [2.24, 2.45) is 0 Å². The zero-order chi connectivity index (χ0) is 14.8. The van der Waals surface area contributed by atoms with Gasteiger partial charge < -0.3 is 5.32 Å². The molecular weight excluding hydrogens is 287 g/mol. The Labute approximate surface area is 127 Å². The van der Waals surface area contributed by atoms with Gasteiger partial charge in [-0.1, -0.05) is 29.8 Å². The monoisotopic (exact) mass is 300 g/mol.